The van der Waals surface area contributed by atoms with Crippen molar-refractivity contribution in [1.29, 1.82) is 0 Å². The molecule has 0 aromatic heterocycles. The highest BCUT2D eigenvalue weighted by Crippen LogP contribution is 2.60. The Bertz CT molecular complexity index is 643. The Labute approximate surface area is 179 Å². The topological polar surface area (TPSA) is 40.5 Å². The maximum atomic E-state index is 11.1. The van der Waals surface area contributed by atoms with Crippen LogP contribution < -0.4 is 0 Å². The molecule has 3 fully saturated rings. The summed E-state index contributed by atoms with van der Waals surface area (Å²) in [6.45, 7) is 13.7. The Balaban J connectivity index is 1.75. The van der Waals surface area contributed by atoms with Crippen LogP contribution in [0.2, 0.25) is 0 Å². The maximum absolute atomic E-state index is 11.1. The molecule has 29 heavy (non-hydrogen) atoms. The zero-order valence-corrected chi connectivity index (χ0v) is 19.3. The molecule has 0 aromatic carbocycles. The van der Waals surface area contributed by atoms with Gasteiger partial charge in [0.25, 0.3) is 0 Å². The molecule has 3 aliphatic carbocycles. The van der Waals surface area contributed by atoms with E-state index in [2.05, 4.69) is 46.4 Å². The van der Waals surface area contributed by atoms with E-state index in [9.17, 15) is 10.2 Å². The van der Waals surface area contributed by atoms with Gasteiger partial charge in [-0.2, -0.15) is 0 Å². The molecule has 0 radical (unpaired) electrons. The van der Waals surface area contributed by atoms with Gasteiger partial charge in [0.1, 0.15) is 0 Å². The molecule has 0 spiro atoms. The standard InChI is InChI=1S/C27H44O2/c1-18(2)8-6-9-20(4)26-25(29)17-24-21(10-7-15-27(24,26)5)12-13-22-16-23(28)14-11-19(22)3/h12-13,18,20,23-26,28-29H,3,6-11,14-17H2,1-2,4-5H3/b21-12+,22-13+/t20-,23+,24+,25+,26+,27-/m1/s1. The van der Waals surface area contributed by atoms with Gasteiger partial charge in [-0.3, -0.25) is 0 Å². The number of allylic oxidation sites excluding steroid dienone is 4. The molecule has 0 aliphatic heterocycles. The van der Waals surface area contributed by atoms with E-state index in [4.69, 9.17) is 0 Å². The molecule has 0 saturated heterocycles. The van der Waals surface area contributed by atoms with Crippen molar-refractivity contribution >= 4 is 0 Å². The first kappa shape index (κ1) is 22.8. The van der Waals surface area contributed by atoms with Gasteiger partial charge in [0, 0.05) is 0 Å². The lowest BCUT2D eigenvalue weighted by Crippen LogP contribution is -2.38. The quantitative estimate of drug-likeness (QED) is 0.528. The van der Waals surface area contributed by atoms with Gasteiger partial charge in [-0.15, -0.1) is 0 Å². The molecule has 3 saturated carbocycles. The third-order valence-corrected chi connectivity index (χ3v) is 8.32. The van der Waals surface area contributed by atoms with Crippen molar-refractivity contribution in [2.24, 2.45) is 29.1 Å². The number of rotatable bonds is 6. The zero-order chi connectivity index (χ0) is 21.2. The predicted octanol–water partition coefficient (Wildman–Crippen LogP) is 6.59. The van der Waals surface area contributed by atoms with E-state index in [0.717, 1.165) is 38.0 Å². The highest BCUT2D eigenvalue weighted by atomic mass is 16.3. The van der Waals surface area contributed by atoms with Crippen LogP contribution in [-0.2, 0) is 0 Å². The van der Waals surface area contributed by atoms with Gasteiger partial charge < -0.3 is 10.2 Å². The van der Waals surface area contributed by atoms with E-state index in [-0.39, 0.29) is 17.6 Å². The number of hydrogen-bond donors (Lipinski definition) is 2. The van der Waals surface area contributed by atoms with E-state index in [1.165, 1.54) is 48.8 Å². The van der Waals surface area contributed by atoms with Gasteiger partial charge in [-0.1, -0.05) is 76.8 Å². The molecule has 0 heterocycles. The molecule has 6 atom stereocenters. The molecule has 164 valence electrons. The summed E-state index contributed by atoms with van der Waals surface area (Å²) in [6, 6.07) is 0. The summed E-state index contributed by atoms with van der Waals surface area (Å²) in [5.41, 5.74) is 4.16. The van der Waals surface area contributed by atoms with E-state index < -0.39 is 0 Å². The summed E-state index contributed by atoms with van der Waals surface area (Å²) in [7, 11) is 0. The maximum Gasteiger partial charge on any atom is 0.0583 e. The molecule has 0 bridgehead atoms. The minimum Gasteiger partial charge on any atom is -0.393 e. The van der Waals surface area contributed by atoms with Crippen molar-refractivity contribution in [3.63, 3.8) is 0 Å². The summed E-state index contributed by atoms with van der Waals surface area (Å²) >= 11 is 0. The smallest absolute Gasteiger partial charge is 0.0583 e. The Morgan fingerprint density at radius 3 is 2.62 bits per heavy atom. The predicted molar refractivity (Wildman–Crippen MR) is 123 cm³/mol. The van der Waals surface area contributed by atoms with Gasteiger partial charge in [0.05, 0.1) is 12.2 Å². The molecular formula is C27H44O2. The van der Waals surface area contributed by atoms with Crippen molar-refractivity contribution in [2.45, 2.75) is 104 Å². The lowest BCUT2D eigenvalue weighted by atomic mass is 9.60. The largest absolute Gasteiger partial charge is 0.393 e. The number of hydrogen-bond acceptors (Lipinski definition) is 2. The summed E-state index contributed by atoms with van der Waals surface area (Å²) in [6.07, 6.45) is 15.0. The third-order valence-electron chi connectivity index (χ3n) is 8.32. The lowest BCUT2D eigenvalue weighted by Gasteiger charge is -2.44. The first-order valence-electron chi connectivity index (χ1n) is 12.2. The monoisotopic (exact) mass is 400 g/mol. The van der Waals surface area contributed by atoms with Gasteiger partial charge >= 0.3 is 0 Å². The van der Waals surface area contributed by atoms with Gasteiger partial charge in [0.2, 0.25) is 0 Å². The van der Waals surface area contributed by atoms with E-state index in [1.54, 1.807) is 0 Å². The zero-order valence-electron chi connectivity index (χ0n) is 19.3. The molecule has 3 aliphatic rings. The minimum absolute atomic E-state index is 0.167. The fraction of sp³-hybridized carbons (Fsp3) is 0.778. The lowest BCUT2D eigenvalue weighted by molar-refractivity contribution is 0.0267. The van der Waals surface area contributed by atoms with Crippen LogP contribution in [-0.4, -0.2) is 22.4 Å². The van der Waals surface area contributed by atoms with Crippen LogP contribution >= 0.6 is 0 Å². The molecule has 0 aromatic rings. The molecular weight excluding hydrogens is 356 g/mol. The van der Waals surface area contributed by atoms with Crippen molar-refractivity contribution < 1.29 is 10.2 Å². The molecule has 2 nitrogen and oxygen atoms in total. The Kier molecular flexibility index (Phi) is 7.49. The SMILES string of the molecule is C=C1CC[C@H](O)C/C1=C\C=C1/CCC[C@@]2(C)[C@@H]([C@H](C)CCCC(C)C)[C@@H](O)C[C@@H]12. The van der Waals surface area contributed by atoms with Crippen LogP contribution in [0.25, 0.3) is 0 Å². The molecule has 2 N–H and O–H groups in total. The van der Waals surface area contributed by atoms with Gasteiger partial charge in [-0.25, -0.2) is 0 Å². The molecule has 2 heteroatoms. The van der Waals surface area contributed by atoms with Crippen LogP contribution in [0, 0.1) is 29.1 Å². The highest BCUT2D eigenvalue weighted by molar-refractivity contribution is 5.36. The van der Waals surface area contributed by atoms with Crippen LogP contribution in [0.3, 0.4) is 0 Å². The average molecular weight is 401 g/mol. The normalized spacial score (nSPS) is 39.3. The first-order chi connectivity index (χ1) is 13.7. The summed E-state index contributed by atoms with van der Waals surface area (Å²) in [4.78, 5) is 0. The third kappa shape index (κ3) is 5.07. The Morgan fingerprint density at radius 1 is 1.14 bits per heavy atom. The van der Waals surface area contributed by atoms with E-state index in [0.29, 0.717) is 17.8 Å². The highest BCUT2D eigenvalue weighted by Gasteiger charge is 2.54. The van der Waals surface area contributed by atoms with Crippen LogP contribution in [0.5, 0.6) is 0 Å². The van der Waals surface area contributed by atoms with Crippen molar-refractivity contribution in [3.8, 4) is 0 Å². The Hall–Kier alpha value is -0.860. The second-order valence-corrected chi connectivity index (χ2v) is 11.0. The number of aliphatic hydroxyl groups excluding tert-OH is 2. The molecule has 3 rings (SSSR count). The number of aliphatic hydroxyl groups is 2. The van der Waals surface area contributed by atoms with Crippen LogP contribution in [0.1, 0.15) is 91.9 Å². The first-order valence-corrected chi connectivity index (χ1v) is 12.2. The van der Waals surface area contributed by atoms with Gasteiger partial charge in [0.15, 0.2) is 0 Å². The Morgan fingerprint density at radius 2 is 1.90 bits per heavy atom. The molecule has 0 amide bonds. The van der Waals surface area contributed by atoms with Crippen molar-refractivity contribution in [1.82, 2.24) is 0 Å². The summed E-state index contributed by atoms with van der Waals surface area (Å²) in [5.74, 6) is 2.28. The summed E-state index contributed by atoms with van der Waals surface area (Å²) in [5, 5.41) is 21.1. The van der Waals surface area contributed by atoms with Crippen LogP contribution in [0.15, 0.2) is 35.5 Å². The van der Waals surface area contributed by atoms with E-state index >= 15 is 0 Å². The minimum atomic E-state index is -0.217. The average Bonchev–Trinajstić information content (AvgIpc) is 2.92. The second-order valence-electron chi connectivity index (χ2n) is 11.0. The fourth-order valence-corrected chi connectivity index (χ4v) is 6.74. The fourth-order valence-electron chi connectivity index (χ4n) is 6.74. The second kappa shape index (κ2) is 9.52. The van der Waals surface area contributed by atoms with Crippen molar-refractivity contribution in [3.05, 3.63) is 35.5 Å². The van der Waals surface area contributed by atoms with Gasteiger partial charge in [-0.05, 0) is 79.6 Å². The van der Waals surface area contributed by atoms with Crippen molar-refractivity contribution in [2.75, 3.05) is 0 Å². The molecule has 0 unspecified atom stereocenters. The van der Waals surface area contributed by atoms with E-state index in [1.807, 2.05) is 0 Å². The number of fused-ring (bicyclic) bond motifs is 1. The van der Waals surface area contributed by atoms with Crippen LogP contribution in [0.4, 0.5) is 0 Å². The summed E-state index contributed by atoms with van der Waals surface area (Å²) < 4.78 is 0.